The van der Waals surface area contributed by atoms with Gasteiger partial charge in [-0.15, -0.1) is 11.3 Å². The Morgan fingerprint density at radius 2 is 1.85 bits per heavy atom. The lowest BCUT2D eigenvalue weighted by Crippen LogP contribution is -2.37. The zero-order chi connectivity index (χ0) is 14.8. The van der Waals surface area contributed by atoms with Gasteiger partial charge in [-0.25, -0.2) is 4.98 Å². The van der Waals surface area contributed by atoms with Gasteiger partial charge >= 0.3 is 6.18 Å². The molecule has 1 unspecified atom stereocenters. The molecule has 1 atom stereocenters. The van der Waals surface area contributed by atoms with Crippen molar-refractivity contribution in [1.29, 1.82) is 0 Å². The fraction of sp³-hybridized carbons (Fsp3) is 0.357. The second-order valence-electron chi connectivity index (χ2n) is 4.70. The molecule has 0 aliphatic heterocycles. The molecular formula is C14H15F3N2S. The van der Waals surface area contributed by atoms with Crippen LogP contribution in [0.5, 0.6) is 0 Å². The Bertz CT molecular complexity index is 565. The van der Waals surface area contributed by atoms with Crippen LogP contribution in [0.25, 0.3) is 0 Å². The number of nitrogens with zero attached hydrogens (tertiary/aromatic N) is 1. The van der Waals surface area contributed by atoms with Crippen molar-refractivity contribution in [2.24, 2.45) is 5.73 Å². The van der Waals surface area contributed by atoms with E-state index in [4.69, 9.17) is 5.73 Å². The third kappa shape index (κ3) is 3.19. The number of halogens is 3. The van der Waals surface area contributed by atoms with Gasteiger partial charge in [0.2, 0.25) is 0 Å². The van der Waals surface area contributed by atoms with Crippen LogP contribution in [0, 0.1) is 0 Å². The van der Waals surface area contributed by atoms with Crippen LogP contribution < -0.4 is 5.73 Å². The van der Waals surface area contributed by atoms with Crippen LogP contribution in [0.15, 0.2) is 36.5 Å². The summed E-state index contributed by atoms with van der Waals surface area (Å²) in [4.78, 5) is 3.93. The molecule has 0 fully saturated rings. The minimum absolute atomic E-state index is 0.469. The van der Waals surface area contributed by atoms with Crippen molar-refractivity contribution in [3.63, 3.8) is 0 Å². The molecule has 0 radical (unpaired) electrons. The molecule has 2 aromatic rings. The van der Waals surface area contributed by atoms with Gasteiger partial charge in [-0.1, -0.05) is 37.3 Å². The lowest BCUT2D eigenvalue weighted by atomic mass is 9.88. The van der Waals surface area contributed by atoms with Crippen LogP contribution in [-0.4, -0.2) is 4.98 Å². The number of thiazole rings is 1. The van der Waals surface area contributed by atoms with Crippen LogP contribution in [0.4, 0.5) is 13.2 Å². The number of hydrogen-bond acceptors (Lipinski definition) is 3. The lowest BCUT2D eigenvalue weighted by Gasteiger charge is -2.26. The molecule has 1 heterocycles. The number of nitrogens with two attached hydrogens (primary N) is 1. The van der Waals surface area contributed by atoms with Crippen molar-refractivity contribution in [2.75, 3.05) is 0 Å². The topological polar surface area (TPSA) is 38.9 Å². The molecule has 1 aromatic heterocycles. The first-order valence-corrected chi connectivity index (χ1v) is 7.03. The average molecular weight is 300 g/mol. The SMILES string of the molecule is CCC(N)(Cc1ccccc1)c1cnc(C(F)(F)F)s1. The van der Waals surface area contributed by atoms with Crippen LogP contribution in [-0.2, 0) is 18.1 Å². The highest BCUT2D eigenvalue weighted by molar-refractivity contribution is 7.11. The van der Waals surface area contributed by atoms with E-state index in [9.17, 15) is 13.2 Å². The summed E-state index contributed by atoms with van der Waals surface area (Å²) in [5, 5.41) is -0.844. The summed E-state index contributed by atoms with van der Waals surface area (Å²) in [7, 11) is 0. The Hall–Kier alpha value is -1.40. The van der Waals surface area contributed by atoms with E-state index >= 15 is 0 Å². The number of hydrogen-bond donors (Lipinski definition) is 1. The first-order chi connectivity index (χ1) is 9.35. The molecule has 0 saturated heterocycles. The standard InChI is InChI=1S/C14H15F3N2S/c1-2-13(18,8-10-6-4-3-5-7-10)11-9-19-12(20-11)14(15,16)17/h3-7,9H,2,8,18H2,1H3. The zero-order valence-electron chi connectivity index (χ0n) is 10.9. The molecule has 2 rings (SSSR count). The maximum Gasteiger partial charge on any atom is 0.443 e. The Kier molecular flexibility index (Phi) is 4.15. The molecule has 20 heavy (non-hydrogen) atoms. The largest absolute Gasteiger partial charge is 0.443 e. The molecule has 2 nitrogen and oxygen atoms in total. The molecule has 0 bridgehead atoms. The Morgan fingerprint density at radius 1 is 1.20 bits per heavy atom. The predicted octanol–water partition coefficient (Wildman–Crippen LogP) is 3.97. The highest BCUT2D eigenvalue weighted by Crippen LogP contribution is 2.37. The third-order valence-corrected chi connectivity index (χ3v) is 4.49. The second kappa shape index (κ2) is 5.54. The Balaban J connectivity index is 2.29. The first-order valence-electron chi connectivity index (χ1n) is 6.21. The number of benzene rings is 1. The molecule has 2 N–H and O–H groups in total. The zero-order valence-corrected chi connectivity index (χ0v) is 11.8. The van der Waals surface area contributed by atoms with E-state index in [1.165, 1.54) is 6.20 Å². The number of rotatable bonds is 4. The fourth-order valence-electron chi connectivity index (χ4n) is 1.98. The van der Waals surface area contributed by atoms with Crippen molar-refractivity contribution in [3.8, 4) is 0 Å². The Morgan fingerprint density at radius 3 is 2.35 bits per heavy atom. The normalized spacial score (nSPS) is 15.1. The molecule has 0 spiro atoms. The molecule has 0 saturated carbocycles. The van der Waals surface area contributed by atoms with E-state index in [0.717, 1.165) is 5.56 Å². The van der Waals surface area contributed by atoms with Gasteiger partial charge in [0.05, 0.1) is 5.54 Å². The summed E-state index contributed by atoms with van der Waals surface area (Å²) in [6.07, 6.45) is -2.13. The second-order valence-corrected chi connectivity index (χ2v) is 5.73. The monoisotopic (exact) mass is 300 g/mol. The molecule has 6 heteroatoms. The maximum absolute atomic E-state index is 12.6. The third-order valence-electron chi connectivity index (χ3n) is 3.23. The van der Waals surface area contributed by atoms with Crippen molar-refractivity contribution >= 4 is 11.3 Å². The minimum atomic E-state index is -4.41. The van der Waals surface area contributed by atoms with E-state index in [-0.39, 0.29) is 0 Å². The molecule has 1 aromatic carbocycles. The predicted molar refractivity (Wildman–Crippen MR) is 73.4 cm³/mol. The minimum Gasteiger partial charge on any atom is -0.320 e. The fourth-order valence-corrected chi connectivity index (χ4v) is 2.94. The average Bonchev–Trinajstić information content (AvgIpc) is 2.90. The van der Waals surface area contributed by atoms with Gasteiger partial charge in [0.15, 0.2) is 5.01 Å². The van der Waals surface area contributed by atoms with Gasteiger partial charge in [0.1, 0.15) is 0 Å². The van der Waals surface area contributed by atoms with E-state index < -0.39 is 16.7 Å². The van der Waals surface area contributed by atoms with Crippen molar-refractivity contribution in [3.05, 3.63) is 52.0 Å². The van der Waals surface area contributed by atoms with Gasteiger partial charge in [-0.05, 0) is 18.4 Å². The van der Waals surface area contributed by atoms with Crippen LogP contribution in [0.2, 0.25) is 0 Å². The number of alkyl halides is 3. The lowest BCUT2D eigenvalue weighted by molar-refractivity contribution is -0.137. The summed E-state index contributed by atoms with van der Waals surface area (Å²) < 4.78 is 37.9. The molecule has 108 valence electrons. The van der Waals surface area contributed by atoms with E-state index in [2.05, 4.69) is 4.98 Å². The van der Waals surface area contributed by atoms with Gasteiger partial charge < -0.3 is 5.73 Å². The van der Waals surface area contributed by atoms with Crippen LogP contribution >= 0.6 is 11.3 Å². The molecular weight excluding hydrogens is 285 g/mol. The van der Waals surface area contributed by atoms with Crippen molar-refractivity contribution in [2.45, 2.75) is 31.5 Å². The molecule has 0 amide bonds. The summed E-state index contributed by atoms with van der Waals surface area (Å²) in [5.41, 5.74) is 6.49. The van der Waals surface area contributed by atoms with Gasteiger partial charge in [0, 0.05) is 11.1 Å². The van der Waals surface area contributed by atoms with E-state index in [0.29, 0.717) is 29.1 Å². The summed E-state index contributed by atoms with van der Waals surface area (Å²) in [6, 6.07) is 9.51. The quantitative estimate of drug-likeness (QED) is 0.928. The summed E-state index contributed by atoms with van der Waals surface area (Å²) >= 11 is 0.629. The van der Waals surface area contributed by atoms with Crippen LogP contribution in [0.1, 0.15) is 28.8 Å². The number of aromatic nitrogens is 1. The van der Waals surface area contributed by atoms with E-state index in [1.54, 1.807) is 0 Å². The maximum atomic E-state index is 12.6. The van der Waals surface area contributed by atoms with Crippen molar-refractivity contribution in [1.82, 2.24) is 4.98 Å². The van der Waals surface area contributed by atoms with Crippen LogP contribution in [0.3, 0.4) is 0 Å². The Labute approximate surface area is 119 Å². The van der Waals surface area contributed by atoms with E-state index in [1.807, 2.05) is 37.3 Å². The van der Waals surface area contributed by atoms with Crippen molar-refractivity contribution < 1.29 is 13.2 Å². The highest BCUT2D eigenvalue weighted by Gasteiger charge is 2.37. The van der Waals surface area contributed by atoms with Gasteiger partial charge in [-0.2, -0.15) is 13.2 Å². The highest BCUT2D eigenvalue weighted by atomic mass is 32.1. The first kappa shape index (κ1) is 15.0. The van der Waals surface area contributed by atoms with Gasteiger partial charge in [0.25, 0.3) is 0 Å². The smallest absolute Gasteiger partial charge is 0.320 e. The molecule has 0 aliphatic rings. The molecule has 0 aliphatic carbocycles. The summed E-state index contributed by atoms with van der Waals surface area (Å²) in [6.45, 7) is 1.87. The van der Waals surface area contributed by atoms with Gasteiger partial charge in [-0.3, -0.25) is 0 Å². The summed E-state index contributed by atoms with van der Waals surface area (Å²) in [5.74, 6) is 0.